The van der Waals surface area contributed by atoms with Gasteiger partial charge in [-0.3, -0.25) is 0 Å². The molecule has 10 aromatic rings. The normalized spacial score (nSPS) is 16.0. The lowest BCUT2D eigenvalue weighted by Crippen LogP contribution is -2.81. The number of benzene rings is 7. The van der Waals surface area contributed by atoms with Gasteiger partial charge in [-0.1, -0.05) is 108 Å². The van der Waals surface area contributed by atoms with Gasteiger partial charge in [-0.15, -0.1) is 0 Å². The summed E-state index contributed by atoms with van der Waals surface area (Å²) in [5.41, 5.74) is 7.94. The standard InChI is InChI=1S/C42H25BN4O/c1-2-12-28(13-3-1)48-43-45-36-22-20-26-10-4-6-14-29(26)38(36)32-17-8-16-31(40(32)45)35-24-25-44-42(47(35)43)34-19-9-18-33-39-30-15-7-5-11-27(30)21-23-37(39)46(43)41(33)34/h1-25H. The molecule has 48 heavy (non-hydrogen) atoms. The summed E-state index contributed by atoms with van der Waals surface area (Å²) in [4.78, 5) is 5.18. The summed E-state index contributed by atoms with van der Waals surface area (Å²) in [6, 6.07) is 52.4. The van der Waals surface area contributed by atoms with Crippen LogP contribution >= 0.6 is 0 Å². The van der Waals surface area contributed by atoms with Crippen LogP contribution in [0.15, 0.2) is 152 Å². The molecule has 0 radical (unpaired) electrons. The quantitative estimate of drug-likeness (QED) is 0.183. The zero-order valence-corrected chi connectivity index (χ0v) is 25.7. The summed E-state index contributed by atoms with van der Waals surface area (Å²) < 4.78 is 15.1. The minimum Gasteiger partial charge on any atom is -0.641 e. The second-order valence-electron chi connectivity index (χ2n) is 13.1. The van der Waals surface area contributed by atoms with Crippen LogP contribution in [0.3, 0.4) is 0 Å². The molecule has 3 aromatic heterocycles. The molecule has 0 saturated carbocycles. The van der Waals surface area contributed by atoms with Crippen molar-refractivity contribution in [3.63, 3.8) is 0 Å². The second kappa shape index (κ2) is 8.49. The largest absolute Gasteiger partial charge is 0.641 e. The van der Waals surface area contributed by atoms with E-state index in [1.54, 1.807) is 0 Å². The molecule has 6 heteroatoms. The first-order valence-corrected chi connectivity index (χ1v) is 16.5. The van der Waals surface area contributed by atoms with Gasteiger partial charge in [0.15, 0.2) is 0 Å². The van der Waals surface area contributed by atoms with E-state index < -0.39 is 6.75 Å². The molecule has 0 aliphatic carbocycles. The SMILES string of the molecule is c1ccc(O[B-]23n4c5ccc6ccccc6c5c5cccc(c54)-c4ccnc([n+]42)-c2cccc4c5c6ccccc6ccc5n3c24)cc1. The van der Waals surface area contributed by atoms with E-state index in [0.29, 0.717) is 0 Å². The number of fused-ring (bicyclic) bond motifs is 14. The van der Waals surface area contributed by atoms with E-state index >= 15 is 0 Å². The molecule has 0 fully saturated rings. The molecule has 0 amide bonds. The van der Waals surface area contributed by atoms with Crippen molar-refractivity contribution >= 4 is 71.9 Å². The van der Waals surface area contributed by atoms with Crippen LogP contribution in [0.4, 0.5) is 0 Å². The topological polar surface area (TPSA) is 35.9 Å². The highest BCUT2D eigenvalue weighted by Gasteiger charge is 2.55. The van der Waals surface area contributed by atoms with Crippen LogP contribution in [-0.2, 0) is 0 Å². The minimum atomic E-state index is -2.28. The van der Waals surface area contributed by atoms with Crippen molar-refractivity contribution in [1.29, 1.82) is 0 Å². The highest BCUT2D eigenvalue weighted by atomic mass is 16.5. The smallest absolute Gasteiger partial charge is 0.593 e. The molecule has 0 N–H and O–H groups in total. The molecular formula is C42H25BN4O. The van der Waals surface area contributed by atoms with Crippen LogP contribution < -0.4 is 9.13 Å². The van der Waals surface area contributed by atoms with Gasteiger partial charge < -0.3 is 18.1 Å². The third-order valence-electron chi connectivity index (χ3n) is 10.9. The van der Waals surface area contributed by atoms with Crippen molar-refractivity contribution in [1.82, 2.24) is 13.9 Å². The molecule has 0 spiro atoms. The van der Waals surface area contributed by atoms with Gasteiger partial charge in [0.25, 0.3) is 5.82 Å². The van der Waals surface area contributed by atoms with Gasteiger partial charge in [-0.05, 0) is 57.9 Å². The molecule has 222 valence electrons. The lowest BCUT2D eigenvalue weighted by atomic mass is 9.72. The van der Waals surface area contributed by atoms with Gasteiger partial charge in [-0.25, -0.2) is 0 Å². The summed E-state index contributed by atoms with van der Waals surface area (Å²) in [7, 11) is 0. The molecule has 1 unspecified atom stereocenters. The highest BCUT2D eigenvalue weighted by molar-refractivity contribution is 6.69. The van der Waals surface area contributed by atoms with Crippen molar-refractivity contribution in [3.05, 3.63) is 152 Å². The van der Waals surface area contributed by atoms with E-state index in [0.717, 1.165) is 39.4 Å². The average Bonchev–Trinajstić information content (AvgIpc) is 3.69. The molecule has 5 heterocycles. The first-order chi connectivity index (χ1) is 23.8. The van der Waals surface area contributed by atoms with Crippen molar-refractivity contribution in [2.45, 2.75) is 0 Å². The lowest BCUT2D eigenvalue weighted by Gasteiger charge is -2.48. The maximum absolute atomic E-state index is 7.71. The summed E-state index contributed by atoms with van der Waals surface area (Å²) in [5, 5.41) is 9.80. The van der Waals surface area contributed by atoms with E-state index in [4.69, 9.17) is 9.64 Å². The van der Waals surface area contributed by atoms with Gasteiger partial charge in [0.2, 0.25) is 0 Å². The first kappa shape index (κ1) is 24.8. The van der Waals surface area contributed by atoms with Gasteiger partial charge in [0, 0.05) is 55.2 Å². The molecule has 12 rings (SSSR count). The zero-order chi connectivity index (χ0) is 31.1. The second-order valence-corrected chi connectivity index (χ2v) is 13.1. The Bertz CT molecular complexity index is 2870. The third-order valence-corrected chi connectivity index (χ3v) is 10.9. The monoisotopic (exact) mass is 612 g/mol. The third kappa shape index (κ3) is 2.75. The highest BCUT2D eigenvalue weighted by Crippen LogP contribution is 2.48. The van der Waals surface area contributed by atoms with Gasteiger partial charge in [0.1, 0.15) is 6.20 Å². The number of hydrogen-bond donors (Lipinski definition) is 0. The van der Waals surface area contributed by atoms with Gasteiger partial charge in [-0.2, -0.15) is 0 Å². The van der Waals surface area contributed by atoms with Crippen LogP contribution in [-0.4, -0.2) is 20.7 Å². The van der Waals surface area contributed by atoms with Crippen LogP contribution in [0.1, 0.15) is 0 Å². The van der Waals surface area contributed by atoms with E-state index in [9.17, 15) is 0 Å². The van der Waals surface area contributed by atoms with Crippen LogP contribution in [0, 0.1) is 0 Å². The Balaban J connectivity index is 1.40. The van der Waals surface area contributed by atoms with Crippen molar-refractivity contribution < 1.29 is 9.13 Å². The molecule has 0 saturated heterocycles. The molecular weight excluding hydrogens is 587 g/mol. The van der Waals surface area contributed by atoms with Crippen molar-refractivity contribution in [2.24, 2.45) is 0 Å². The summed E-state index contributed by atoms with van der Waals surface area (Å²) in [6.45, 7) is -2.28. The Morgan fingerprint density at radius 3 is 1.73 bits per heavy atom. The molecule has 2 aliphatic heterocycles. The number of nitrogens with zero attached hydrogens (tertiary/aromatic N) is 4. The number of aromatic nitrogens is 4. The molecule has 1 atom stereocenters. The first-order valence-electron chi connectivity index (χ1n) is 16.5. The minimum absolute atomic E-state index is 0.802. The Hall–Kier alpha value is -6.40. The maximum Gasteiger partial charge on any atom is 0.593 e. The van der Waals surface area contributed by atoms with E-state index in [-0.39, 0.29) is 0 Å². The predicted octanol–water partition coefficient (Wildman–Crippen LogP) is 9.31. The number of rotatable bonds is 2. The van der Waals surface area contributed by atoms with Gasteiger partial charge in [0.05, 0.1) is 17.0 Å². The van der Waals surface area contributed by atoms with Crippen LogP contribution in [0.25, 0.3) is 87.8 Å². The van der Waals surface area contributed by atoms with E-state index in [1.165, 1.54) is 54.2 Å². The Labute approximate surface area is 274 Å². The fraction of sp³-hybridized carbons (Fsp3) is 0. The Morgan fingerprint density at radius 2 is 1.06 bits per heavy atom. The fourth-order valence-electron chi connectivity index (χ4n) is 9.20. The van der Waals surface area contributed by atoms with Gasteiger partial charge >= 0.3 is 6.75 Å². The summed E-state index contributed by atoms with van der Waals surface area (Å²) >= 11 is 0. The molecule has 0 bridgehead atoms. The van der Waals surface area contributed by atoms with Crippen LogP contribution in [0.2, 0.25) is 0 Å². The zero-order valence-electron chi connectivity index (χ0n) is 25.7. The van der Waals surface area contributed by atoms with Crippen molar-refractivity contribution in [2.75, 3.05) is 0 Å². The van der Waals surface area contributed by atoms with Crippen molar-refractivity contribution in [3.8, 4) is 28.4 Å². The maximum atomic E-state index is 7.71. The number of para-hydroxylation sites is 3. The van der Waals surface area contributed by atoms with Crippen LogP contribution in [0.5, 0.6) is 5.75 Å². The molecule has 5 nitrogen and oxygen atoms in total. The fourth-order valence-corrected chi connectivity index (χ4v) is 9.20. The summed E-state index contributed by atoms with van der Waals surface area (Å²) in [6.07, 6.45) is 1.96. The van der Waals surface area contributed by atoms with E-state index in [1.807, 2.05) is 12.3 Å². The molecule has 2 aliphatic rings. The average molecular weight is 613 g/mol. The number of hydrogen-bond acceptors (Lipinski definition) is 2. The van der Waals surface area contributed by atoms with E-state index in [2.05, 4.69) is 153 Å². The molecule has 7 aromatic carbocycles. The Kier molecular flexibility index (Phi) is 4.39. The Morgan fingerprint density at radius 1 is 0.500 bits per heavy atom. The lowest BCUT2D eigenvalue weighted by molar-refractivity contribution is -0.545. The predicted molar refractivity (Wildman–Crippen MR) is 195 cm³/mol. The summed E-state index contributed by atoms with van der Waals surface area (Å²) in [5.74, 6) is 1.70.